The Kier molecular flexibility index (Phi) is 6.54. The normalized spacial score (nSPS) is 11.7. The molecule has 4 nitrogen and oxygen atoms in total. The lowest BCUT2D eigenvalue weighted by molar-refractivity contribution is 0.108. The molecule has 0 fully saturated rings. The second-order valence-electron chi connectivity index (χ2n) is 7.60. The highest BCUT2D eigenvalue weighted by Crippen LogP contribution is 2.38. The number of methoxy groups -OCH3 is 3. The molecule has 0 aromatic heterocycles. The van der Waals surface area contributed by atoms with Gasteiger partial charge in [0.2, 0.25) is 0 Å². The number of hydrogen-bond donors (Lipinski definition) is 0. The third-order valence-corrected chi connectivity index (χ3v) is 6.10. The molecule has 0 saturated heterocycles. The largest absolute Gasteiger partial charge is 0.496 e. The van der Waals surface area contributed by atoms with Crippen molar-refractivity contribution in [2.24, 2.45) is 0 Å². The van der Waals surface area contributed by atoms with E-state index in [1.54, 1.807) is 33.5 Å². The molecule has 2 aromatic rings. The predicted octanol–water partition coefficient (Wildman–Crippen LogP) is 4.77. The smallest absolute Gasteiger partial charge is 0.193 e. The van der Waals surface area contributed by atoms with Gasteiger partial charge in [0.1, 0.15) is 22.8 Å². The number of hydrogen-bond acceptors (Lipinski definition) is 4. The highest BCUT2D eigenvalue weighted by Gasteiger charge is 2.23. The van der Waals surface area contributed by atoms with Crippen molar-refractivity contribution in [2.75, 3.05) is 21.3 Å². The minimum Gasteiger partial charge on any atom is -0.496 e. The van der Waals surface area contributed by atoms with Crippen molar-refractivity contribution in [1.29, 1.82) is 0 Å². The molecule has 146 valence electrons. The van der Waals surface area contributed by atoms with Gasteiger partial charge >= 0.3 is 0 Å². The standard InChI is InChI=1S/C22H29O4P/c1-13-9-15(22(3,4)5)10-14(2)20(13)27-21(23)19-17(25-7)11-16(24-6)12-18(19)26-8/h9-12,27H,1-8H3. The Morgan fingerprint density at radius 3 is 1.70 bits per heavy atom. The summed E-state index contributed by atoms with van der Waals surface area (Å²) in [5.74, 6) is 1.51. The lowest BCUT2D eigenvalue weighted by Gasteiger charge is -2.22. The molecule has 0 amide bonds. The van der Waals surface area contributed by atoms with E-state index in [1.165, 1.54) is 5.56 Å². The van der Waals surface area contributed by atoms with Crippen LogP contribution in [0.2, 0.25) is 0 Å². The van der Waals surface area contributed by atoms with E-state index in [0.717, 1.165) is 16.4 Å². The molecule has 0 N–H and O–H groups in total. The van der Waals surface area contributed by atoms with E-state index in [0.29, 0.717) is 22.8 Å². The molecule has 0 spiro atoms. The van der Waals surface area contributed by atoms with E-state index in [1.807, 2.05) is 0 Å². The zero-order valence-corrected chi connectivity index (χ0v) is 18.4. The monoisotopic (exact) mass is 388 g/mol. The average molecular weight is 388 g/mol. The molecule has 1 atom stereocenters. The molecule has 2 rings (SSSR count). The maximum absolute atomic E-state index is 13.2. The molecule has 27 heavy (non-hydrogen) atoms. The molecule has 0 heterocycles. The number of carbonyl (C=O) groups excluding carboxylic acids is 1. The number of rotatable bonds is 6. The summed E-state index contributed by atoms with van der Waals surface area (Å²) in [5.41, 5.74) is 4.07. The molecular formula is C22H29O4P. The van der Waals surface area contributed by atoms with E-state index in [4.69, 9.17) is 14.2 Å². The Balaban J connectivity index is 2.47. The maximum Gasteiger partial charge on any atom is 0.193 e. The highest BCUT2D eigenvalue weighted by molar-refractivity contribution is 7.66. The number of carbonyl (C=O) groups is 1. The predicted molar refractivity (Wildman–Crippen MR) is 113 cm³/mol. The first-order valence-corrected chi connectivity index (χ1v) is 9.85. The Labute approximate surface area is 164 Å². The van der Waals surface area contributed by atoms with Crippen LogP contribution in [0.25, 0.3) is 0 Å². The summed E-state index contributed by atoms with van der Waals surface area (Å²) in [5, 5.41) is 1.08. The third-order valence-electron chi connectivity index (χ3n) is 4.58. The van der Waals surface area contributed by atoms with Crippen molar-refractivity contribution >= 4 is 19.4 Å². The van der Waals surface area contributed by atoms with Gasteiger partial charge < -0.3 is 14.2 Å². The van der Waals surface area contributed by atoms with Crippen molar-refractivity contribution in [2.45, 2.75) is 40.0 Å². The first-order valence-electron chi connectivity index (χ1n) is 8.85. The zero-order valence-electron chi connectivity index (χ0n) is 17.4. The number of aryl methyl sites for hydroxylation is 2. The van der Waals surface area contributed by atoms with Gasteiger partial charge in [-0.05, 0) is 49.8 Å². The molecule has 5 heteroatoms. The van der Waals surface area contributed by atoms with E-state index < -0.39 is 0 Å². The van der Waals surface area contributed by atoms with Crippen LogP contribution < -0.4 is 19.5 Å². The van der Waals surface area contributed by atoms with Gasteiger partial charge in [0.15, 0.2) is 5.52 Å². The second-order valence-corrected chi connectivity index (χ2v) is 8.80. The van der Waals surface area contributed by atoms with Gasteiger partial charge in [-0.2, -0.15) is 0 Å². The summed E-state index contributed by atoms with van der Waals surface area (Å²) >= 11 is 0. The Morgan fingerprint density at radius 2 is 1.33 bits per heavy atom. The molecule has 2 aromatic carbocycles. The minimum atomic E-state index is -0.0129. The number of benzene rings is 2. The van der Waals surface area contributed by atoms with Crippen LogP contribution in [0.5, 0.6) is 17.2 Å². The van der Waals surface area contributed by atoms with E-state index in [9.17, 15) is 4.79 Å². The SMILES string of the molecule is COc1cc(OC)c(C(=O)Pc2c(C)cc(C(C)(C)C)cc2C)c(OC)c1. The number of ether oxygens (including phenoxy) is 3. The van der Waals surface area contributed by atoms with Crippen molar-refractivity contribution in [1.82, 2.24) is 0 Å². The van der Waals surface area contributed by atoms with Crippen LogP contribution in [0, 0.1) is 13.8 Å². The van der Waals surface area contributed by atoms with Crippen LogP contribution in [0.4, 0.5) is 0 Å². The van der Waals surface area contributed by atoms with E-state index in [-0.39, 0.29) is 19.5 Å². The average Bonchev–Trinajstić information content (AvgIpc) is 2.62. The zero-order chi connectivity index (χ0) is 20.4. The van der Waals surface area contributed by atoms with E-state index >= 15 is 0 Å². The van der Waals surface area contributed by atoms with Crippen molar-refractivity contribution in [3.63, 3.8) is 0 Å². The summed E-state index contributed by atoms with van der Waals surface area (Å²) in [6, 6.07) is 7.79. The van der Waals surface area contributed by atoms with Crippen LogP contribution in [-0.4, -0.2) is 26.9 Å². The third kappa shape index (κ3) is 4.62. The quantitative estimate of drug-likeness (QED) is 0.669. The van der Waals surface area contributed by atoms with Crippen molar-refractivity contribution in [3.05, 3.63) is 46.5 Å². The lowest BCUT2D eigenvalue weighted by atomic mass is 9.85. The summed E-state index contributed by atoms with van der Waals surface area (Å²) < 4.78 is 16.1. The van der Waals surface area contributed by atoms with Crippen molar-refractivity contribution < 1.29 is 19.0 Å². The van der Waals surface area contributed by atoms with E-state index in [2.05, 4.69) is 46.8 Å². The summed E-state index contributed by atoms with van der Waals surface area (Å²) in [4.78, 5) is 13.2. The minimum absolute atomic E-state index is 0.0103. The Morgan fingerprint density at radius 1 is 0.852 bits per heavy atom. The fraction of sp³-hybridized carbons (Fsp3) is 0.409. The molecule has 0 bridgehead atoms. The molecule has 0 saturated carbocycles. The van der Waals surface area contributed by atoms with Crippen LogP contribution >= 0.6 is 8.58 Å². The Hall–Kier alpha value is -2.06. The van der Waals surface area contributed by atoms with Crippen molar-refractivity contribution in [3.8, 4) is 17.2 Å². The lowest BCUT2D eigenvalue weighted by Crippen LogP contribution is -2.17. The van der Waals surface area contributed by atoms with Gasteiger partial charge in [0.05, 0.1) is 21.3 Å². The maximum atomic E-state index is 13.2. The van der Waals surface area contributed by atoms with Gasteiger partial charge in [-0.25, -0.2) is 0 Å². The molecule has 0 radical (unpaired) electrons. The molecular weight excluding hydrogens is 359 g/mol. The molecule has 0 aliphatic rings. The van der Waals surface area contributed by atoms with Crippen LogP contribution in [-0.2, 0) is 5.41 Å². The molecule has 1 unspecified atom stereocenters. The van der Waals surface area contributed by atoms with Crippen LogP contribution in [0.3, 0.4) is 0 Å². The first-order chi connectivity index (χ1) is 12.6. The van der Waals surface area contributed by atoms with Gasteiger partial charge in [-0.1, -0.05) is 32.9 Å². The fourth-order valence-electron chi connectivity index (χ4n) is 3.00. The topological polar surface area (TPSA) is 44.8 Å². The van der Waals surface area contributed by atoms with Gasteiger partial charge in [0.25, 0.3) is 0 Å². The summed E-state index contributed by atoms with van der Waals surface area (Å²) in [6.07, 6.45) is 0. The van der Waals surface area contributed by atoms with Gasteiger partial charge in [-0.3, -0.25) is 4.79 Å². The first kappa shape index (κ1) is 21.2. The van der Waals surface area contributed by atoms with Gasteiger partial charge in [0, 0.05) is 12.1 Å². The fourth-order valence-corrected chi connectivity index (χ4v) is 4.14. The molecule has 0 aliphatic carbocycles. The highest BCUT2D eigenvalue weighted by atomic mass is 31.1. The Bertz CT molecular complexity index is 802. The summed E-state index contributed by atoms with van der Waals surface area (Å²) in [6.45, 7) is 10.7. The molecule has 0 aliphatic heterocycles. The second kappa shape index (κ2) is 8.31. The van der Waals surface area contributed by atoms with Gasteiger partial charge in [-0.15, -0.1) is 0 Å². The van der Waals surface area contributed by atoms with Crippen LogP contribution in [0.15, 0.2) is 24.3 Å². The van der Waals surface area contributed by atoms with Crippen LogP contribution in [0.1, 0.15) is 47.8 Å². The summed E-state index contributed by atoms with van der Waals surface area (Å²) in [7, 11) is 4.65.